The molecule has 3 heteroatoms. The highest BCUT2D eigenvalue weighted by Crippen LogP contribution is 2.26. The van der Waals surface area contributed by atoms with Crippen molar-refractivity contribution in [3.8, 4) is 0 Å². The van der Waals surface area contributed by atoms with Crippen LogP contribution >= 0.6 is 11.6 Å². The average Bonchev–Trinajstić information content (AvgIpc) is 2.32. The summed E-state index contributed by atoms with van der Waals surface area (Å²) in [7, 11) is 0. The van der Waals surface area contributed by atoms with E-state index in [2.05, 4.69) is 0 Å². The van der Waals surface area contributed by atoms with Gasteiger partial charge in [0.15, 0.2) is 0 Å². The number of rotatable bonds is 3. The number of hydrogen-bond acceptors (Lipinski definition) is 2. The first-order valence-corrected chi connectivity index (χ1v) is 6.18. The van der Waals surface area contributed by atoms with Gasteiger partial charge in [-0.15, -0.1) is 11.6 Å². The van der Waals surface area contributed by atoms with Crippen molar-refractivity contribution in [3.63, 3.8) is 0 Å². The topological polar surface area (TPSA) is 29.5 Å². The summed E-state index contributed by atoms with van der Waals surface area (Å²) in [4.78, 5) is 0. The van der Waals surface area contributed by atoms with E-state index in [9.17, 15) is 5.11 Å². The summed E-state index contributed by atoms with van der Waals surface area (Å²) < 4.78 is 5.76. The molecule has 0 amide bonds. The van der Waals surface area contributed by atoms with E-state index >= 15 is 0 Å². The highest BCUT2D eigenvalue weighted by Gasteiger charge is 2.30. The molecule has 1 aliphatic carbocycles. The van der Waals surface area contributed by atoms with Crippen LogP contribution in [0.5, 0.6) is 0 Å². The summed E-state index contributed by atoms with van der Waals surface area (Å²) in [5.41, 5.74) is 1.14. The number of halogens is 1. The molecule has 0 unspecified atom stereocenters. The molecule has 1 aliphatic rings. The highest BCUT2D eigenvalue weighted by molar-refractivity contribution is 6.21. The maximum atomic E-state index is 9.63. The maximum absolute atomic E-state index is 9.63. The van der Waals surface area contributed by atoms with Crippen LogP contribution < -0.4 is 0 Å². The Bertz CT molecular complexity index is 315. The van der Waals surface area contributed by atoms with Gasteiger partial charge in [-0.05, 0) is 24.8 Å². The van der Waals surface area contributed by atoms with Crippen LogP contribution in [-0.4, -0.2) is 22.7 Å². The van der Waals surface area contributed by atoms with E-state index in [4.69, 9.17) is 16.3 Å². The molecule has 0 heterocycles. The van der Waals surface area contributed by atoms with Crippen molar-refractivity contribution in [2.24, 2.45) is 0 Å². The summed E-state index contributed by atoms with van der Waals surface area (Å²) in [6.45, 7) is 0.571. The predicted octanol–water partition coefficient (Wildman–Crippen LogP) is 2.72. The van der Waals surface area contributed by atoms with Crippen LogP contribution in [0, 0.1) is 0 Å². The average molecular weight is 241 g/mol. The van der Waals surface area contributed by atoms with Gasteiger partial charge in [-0.2, -0.15) is 0 Å². The van der Waals surface area contributed by atoms with Crippen molar-refractivity contribution in [3.05, 3.63) is 35.9 Å². The molecule has 1 aromatic carbocycles. The Morgan fingerprint density at radius 2 is 2.00 bits per heavy atom. The number of benzene rings is 1. The number of aliphatic hydroxyl groups is 1. The minimum Gasteiger partial charge on any atom is -0.391 e. The number of aliphatic hydroxyl groups excluding tert-OH is 1. The molecule has 16 heavy (non-hydrogen) atoms. The van der Waals surface area contributed by atoms with Crippen LogP contribution in [0.2, 0.25) is 0 Å². The first kappa shape index (κ1) is 11.9. The van der Waals surface area contributed by atoms with Crippen LogP contribution in [0.15, 0.2) is 30.3 Å². The second-order valence-corrected chi connectivity index (χ2v) is 4.78. The molecule has 0 spiro atoms. The molecule has 1 aromatic rings. The molecule has 2 rings (SSSR count). The Hall–Kier alpha value is -0.570. The van der Waals surface area contributed by atoms with Crippen LogP contribution in [0.25, 0.3) is 0 Å². The first-order valence-electron chi connectivity index (χ1n) is 5.75. The minimum atomic E-state index is -0.420. The van der Waals surface area contributed by atoms with Crippen LogP contribution in [0.3, 0.4) is 0 Å². The monoisotopic (exact) mass is 240 g/mol. The SMILES string of the molecule is O[C@H]1CCC[C@@H](OCc2ccccc2)[C@@H]1Cl. The van der Waals surface area contributed by atoms with E-state index in [-0.39, 0.29) is 11.5 Å². The number of hydrogen-bond donors (Lipinski definition) is 1. The van der Waals surface area contributed by atoms with E-state index in [0.717, 1.165) is 24.8 Å². The Morgan fingerprint density at radius 3 is 2.75 bits per heavy atom. The van der Waals surface area contributed by atoms with Gasteiger partial charge in [0.1, 0.15) is 0 Å². The van der Waals surface area contributed by atoms with Gasteiger partial charge >= 0.3 is 0 Å². The lowest BCUT2D eigenvalue weighted by atomic mass is 9.94. The molecule has 1 saturated carbocycles. The molecule has 0 bridgehead atoms. The Morgan fingerprint density at radius 1 is 1.25 bits per heavy atom. The molecule has 1 N–H and O–H groups in total. The van der Waals surface area contributed by atoms with Crippen LogP contribution in [0.4, 0.5) is 0 Å². The lowest BCUT2D eigenvalue weighted by molar-refractivity contribution is -0.0187. The van der Waals surface area contributed by atoms with Crippen molar-refractivity contribution >= 4 is 11.6 Å². The van der Waals surface area contributed by atoms with E-state index in [1.807, 2.05) is 30.3 Å². The third kappa shape index (κ3) is 2.97. The molecule has 88 valence electrons. The Labute approximate surface area is 101 Å². The second kappa shape index (κ2) is 5.67. The quantitative estimate of drug-likeness (QED) is 0.824. The minimum absolute atomic E-state index is 0.0226. The smallest absolute Gasteiger partial charge is 0.0856 e. The van der Waals surface area contributed by atoms with Gasteiger partial charge in [0, 0.05) is 0 Å². The molecular formula is C13H17ClO2. The van der Waals surface area contributed by atoms with Crippen LogP contribution in [0.1, 0.15) is 24.8 Å². The fourth-order valence-corrected chi connectivity index (χ4v) is 2.37. The summed E-state index contributed by atoms with van der Waals surface area (Å²) in [5, 5.41) is 9.37. The third-order valence-electron chi connectivity index (χ3n) is 3.02. The zero-order valence-electron chi connectivity index (χ0n) is 9.18. The number of alkyl halides is 1. The Balaban J connectivity index is 1.85. The van der Waals surface area contributed by atoms with E-state index in [0.29, 0.717) is 6.61 Å². The lowest BCUT2D eigenvalue weighted by Gasteiger charge is -2.31. The van der Waals surface area contributed by atoms with Gasteiger partial charge in [0.25, 0.3) is 0 Å². The normalized spacial score (nSPS) is 30.2. The molecule has 0 aliphatic heterocycles. The summed E-state index contributed by atoms with van der Waals surface area (Å²) in [5.74, 6) is 0. The van der Waals surface area contributed by atoms with E-state index in [1.165, 1.54) is 0 Å². The number of ether oxygens (including phenoxy) is 1. The first-order chi connectivity index (χ1) is 7.77. The maximum Gasteiger partial charge on any atom is 0.0856 e. The highest BCUT2D eigenvalue weighted by atomic mass is 35.5. The molecule has 3 atom stereocenters. The molecular weight excluding hydrogens is 224 g/mol. The van der Waals surface area contributed by atoms with Gasteiger partial charge in [-0.3, -0.25) is 0 Å². The molecule has 0 saturated heterocycles. The fraction of sp³-hybridized carbons (Fsp3) is 0.538. The van der Waals surface area contributed by atoms with Crippen LogP contribution in [-0.2, 0) is 11.3 Å². The van der Waals surface area contributed by atoms with Gasteiger partial charge < -0.3 is 9.84 Å². The fourth-order valence-electron chi connectivity index (χ4n) is 2.05. The summed E-state index contributed by atoms with van der Waals surface area (Å²) in [6.07, 6.45) is 2.28. The van der Waals surface area contributed by atoms with Crippen molar-refractivity contribution < 1.29 is 9.84 Å². The van der Waals surface area contributed by atoms with Gasteiger partial charge in [0.2, 0.25) is 0 Å². The van der Waals surface area contributed by atoms with Gasteiger partial charge in [-0.25, -0.2) is 0 Å². The van der Waals surface area contributed by atoms with Gasteiger partial charge in [-0.1, -0.05) is 30.3 Å². The van der Waals surface area contributed by atoms with E-state index < -0.39 is 6.10 Å². The van der Waals surface area contributed by atoms with Crippen molar-refractivity contribution in [2.75, 3.05) is 0 Å². The third-order valence-corrected chi connectivity index (χ3v) is 3.59. The molecule has 0 radical (unpaired) electrons. The van der Waals surface area contributed by atoms with Crippen molar-refractivity contribution in [1.82, 2.24) is 0 Å². The lowest BCUT2D eigenvalue weighted by Crippen LogP contribution is -2.38. The predicted molar refractivity (Wildman–Crippen MR) is 64.5 cm³/mol. The summed E-state index contributed by atoms with van der Waals surface area (Å²) >= 11 is 6.12. The van der Waals surface area contributed by atoms with Crippen molar-refractivity contribution in [2.45, 2.75) is 43.5 Å². The Kier molecular flexibility index (Phi) is 4.22. The summed E-state index contributed by atoms with van der Waals surface area (Å²) in [6, 6.07) is 10.0. The van der Waals surface area contributed by atoms with Gasteiger partial charge in [0.05, 0.1) is 24.2 Å². The zero-order chi connectivity index (χ0) is 11.4. The molecule has 0 aromatic heterocycles. The largest absolute Gasteiger partial charge is 0.391 e. The molecule has 1 fully saturated rings. The standard InChI is InChI=1S/C13H17ClO2/c14-13-11(15)7-4-8-12(13)16-9-10-5-2-1-3-6-10/h1-3,5-6,11-13,15H,4,7-9H2/t11-,12+,13+/m0/s1. The van der Waals surface area contributed by atoms with E-state index in [1.54, 1.807) is 0 Å². The zero-order valence-corrected chi connectivity index (χ0v) is 9.94. The molecule has 2 nitrogen and oxygen atoms in total. The van der Waals surface area contributed by atoms with Crippen molar-refractivity contribution in [1.29, 1.82) is 0 Å². The second-order valence-electron chi connectivity index (χ2n) is 4.28.